The van der Waals surface area contributed by atoms with Crippen LogP contribution < -0.4 is 0 Å². The lowest BCUT2D eigenvalue weighted by Crippen LogP contribution is -2.17. The van der Waals surface area contributed by atoms with Gasteiger partial charge in [0.2, 0.25) is 0 Å². The van der Waals surface area contributed by atoms with Crippen molar-refractivity contribution in [1.82, 2.24) is 9.55 Å². The van der Waals surface area contributed by atoms with E-state index in [9.17, 15) is 14.4 Å². The second-order valence-electron chi connectivity index (χ2n) is 6.48. The third-order valence-electron chi connectivity index (χ3n) is 4.95. The van der Waals surface area contributed by atoms with Crippen LogP contribution in [0.5, 0.6) is 0 Å². The molecule has 0 bridgehead atoms. The number of fused-ring (bicyclic) bond motifs is 1. The number of nitriles is 1. The number of aryl methyl sites for hydroxylation is 1. The maximum absolute atomic E-state index is 13.1. The van der Waals surface area contributed by atoms with Gasteiger partial charge in [0.1, 0.15) is 11.6 Å². The van der Waals surface area contributed by atoms with Crippen LogP contribution in [0.25, 0.3) is 11.0 Å². The van der Waals surface area contributed by atoms with E-state index >= 15 is 0 Å². The van der Waals surface area contributed by atoms with Gasteiger partial charge in [-0.2, -0.15) is 5.26 Å². The van der Waals surface area contributed by atoms with Gasteiger partial charge >= 0.3 is 0 Å². The fourth-order valence-electron chi connectivity index (χ4n) is 3.47. The lowest BCUT2D eigenvalue weighted by molar-refractivity contribution is -0.120. The standard InChI is InChI=1S/C20H16FN3O/c1-24-18-5-3-2-4-17(18)23-20(24)16(11-22)19(25)15-10-14(15)12-6-8-13(21)9-7-12/h2-9,14-16H,10H2,1H3. The van der Waals surface area contributed by atoms with E-state index in [0.717, 1.165) is 16.6 Å². The van der Waals surface area contributed by atoms with E-state index in [-0.39, 0.29) is 23.4 Å². The lowest BCUT2D eigenvalue weighted by Gasteiger charge is -2.08. The molecule has 1 heterocycles. The number of Topliss-reactive ketones (excluding diaryl/α,β-unsaturated/α-hetero) is 1. The molecule has 1 aliphatic carbocycles. The zero-order valence-corrected chi connectivity index (χ0v) is 13.7. The number of aromatic nitrogens is 2. The van der Waals surface area contributed by atoms with Crippen LogP contribution >= 0.6 is 0 Å². The molecule has 1 fully saturated rings. The van der Waals surface area contributed by atoms with Crippen molar-refractivity contribution in [3.63, 3.8) is 0 Å². The van der Waals surface area contributed by atoms with Gasteiger partial charge in [-0.3, -0.25) is 4.79 Å². The number of ketones is 1. The predicted molar refractivity (Wildman–Crippen MR) is 91.3 cm³/mol. The SMILES string of the molecule is Cn1c(C(C#N)C(=O)C2CC2c2ccc(F)cc2)nc2ccccc21. The zero-order valence-electron chi connectivity index (χ0n) is 13.7. The quantitative estimate of drug-likeness (QED) is 0.731. The van der Waals surface area contributed by atoms with Gasteiger partial charge in [0.05, 0.1) is 17.1 Å². The maximum atomic E-state index is 13.1. The van der Waals surface area contributed by atoms with Crippen LogP contribution in [0.3, 0.4) is 0 Å². The largest absolute Gasteiger partial charge is 0.330 e. The number of carbonyl (C=O) groups excluding carboxylic acids is 1. The lowest BCUT2D eigenvalue weighted by atomic mass is 9.98. The van der Waals surface area contributed by atoms with E-state index < -0.39 is 5.92 Å². The molecule has 3 unspecified atom stereocenters. The topological polar surface area (TPSA) is 58.7 Å². The Labute approximate surface area is 144 Å². The minimum absolute atomic E-state index is 0.0682. The number of para-hydroxylation sites is 2. The minimum Gasteiger partial charge on any atom is -0.330 e. The summed E-state index contributed by atoms with van der Waals surface area (Å²) in [5.41, 5.74) is 2.62. The molecule has 0 spiro atoms. The molecule has 124 valence electrons. The first-order chi connectivity index (χ1) is 12.1. The zero-order chi connectivity index (χ0) is 17.6. The van der Waals surface area contributed by atoms with E-state index in [1.807, 2.05) is 35.9 Å². The Kier molecular flexibility index (Phi) is 3.61. The second-order valence-corrected chi connectivity index (χ2v) is 6.48. The summed E-state index contributed by atoms with van der Waals surface area (Å²) in [4.78, 5) is 17.4. The summed E-state index contributed by atoms with van der Waals surface area (Å²) < 4.78 is 14.9. The highest BCUT2D eigenvalue weighted by Crippen LogP contribution is 2.50. The molecule has 5 heteroatoms. The van der Waals surface area contributed by atoms with Crippen molar-refractivity contribution in [3.8, 4) is 6.07 Å². The Morgan fingerprint density at radius 2 is 2.00 bits per heavy atom. The summed E-state index contributed by atoms with van der Waals surface area (Å²) in [6, 6.07) is 15.9. The highest BCUT2D eigenvalue weighted by Gasteiger charge is 2.47. The van der Waals surface area contributed by atoms with Crippen molar-refractivity contribution in [2.45, 2.75) is 18.3 Å². The Morgan fingerprint density at radius 1 is 1.28 bits per heavy atom. The highest BCUT2D eigenvalue weighted by molar-refractivity contribution is 5.93. The van der Waals surface area contributed by atoms with Gasteiger partial charge in [0.15, 0.2) is 11.7 Å². The van der Waals surface area contributed by atoms with Crippen molar-refractivity contribution in [2.24, 2.45) is 13.0 Å². The van der Waals surface area contributed by atoms with Crippen LogP contribution in [-0.2, 0) is 11.8 Å². The normalized spacial score (nSPS) is 20.2. The van der Waals surface area contributed by atoms with Gasteiger partial charge in [0.25, 0.3) is 0 Å². The second kappa shape index (κ2) is 5.82. The van der Waals surface area contributed by atoms with Crippen molar-refractivity contribution in [1.29, 1.82) is 5.26 Å². The summed E-state index contributed by atoms with van der Waals surface area (Å²) in [5, 5.41) is 9.60. The van der Waals surface area contributed by atoms with E-state index in [1.54, 1.807) is 12.1 Å². The smallest absolute Gasteiger partial charge is 0.163 e. The molecule has 1 aromatic heterocycles. The third kappa shape index (κ3) is 2.60. The Hall–Kier alpha value is -3.00. The number of imidazole rings is 1. The fourth-order valence-corrected chi connectivity index (χ4v) is 3.47. The molecule has 25 heavy (non-hydrogen) atoms. The van der Waals surface area contributed by atoms with Gasteiger partial charge in [-0.15, -0.1) is 0 Å². The van der Waals surface area contributed by atoms with Crippen molar-refractivity contribution < 1.29 is 9.18 Å². The molecule has 4 rings (SSSR count). The van der Waals surface area contributed by atoms with Crippen molar-refractivity contribution in [2.75, 3.05) is 0 Å². The molecule has 2 aromatic carbocycles. The van der Waals surface area contributed by atoms with Crippen LogP contribution in [0.4, 0.5) is 4.39 Å². The monoisotopic (exact) mass is 333 g/mol. The molecule has 0 amide bonds. The number of hydrogen-bond donors (Lipinski definition) is 0. The molecule has 3 atom stereocenters. The van der Waals surface area contributed by atoms with E-state index in [4.69, 9.17) is 0 Å². The summed E-state index contributed by atoms with van der Waals surface area (Å²) in [7, 11) is 1.83. The van der Waals surface area contributed by atoms with Crippen LogP contribution in [0.2, 0.25) is 0 Å². The van der Waals surface area contributed by atoms with Gasteiger partial charge < -0.3 is 4.57 Å². The molecule has 3 aromatic rings. The summed E-state index contributed by atoms with van der Waals surface area (Å²) >= 11 is 0. The number of halogens is 1. The van der Waals surface area contributed by atoms with Crippen LogP contribution in [0.15, 0.2) is 48.5 Å². The van der Waals surface area contributed by atoms with Gasteiger partial charge in [-0.25, -0.2) is 9.37 Å². The Balaban J connectivity index is 1.61. The van der Waals surface area contributed by atoms with Crippen LogP contribution in [0.1, 0.15) is 29.6 Å². The van der Waals surface area contributed by atoms with Crippen molar-refractivity contribution >= 4 is 16.8 Å². The summed E-state index contributed by atoms with van der Waals surface area (Å²) in [6.45, 7) is 0. The highest BCUT2D eigenvalue weighted by atomic mass is 19.1. The number of benzene rings is 2. The molecule has 1 saturated carbocycles. The average molecular weight is 333 g/mol. The first-order valence-corrected chi connectivity index (χ1v) is 8.20. The van der Waals surface area contributed by atoms with Crippen LogP contribution in [0, 0.1) is 23.1 Å². The first kappa shape index (κ1) is 15.5. The Morgan fingerprint density at radius 3 is 2.68 bits per heavy atom. The molecule has 0 radical (unpaired) electrons. The third-order valence-corrected chi connectivity index (χ3v) is 4.95. The first-order valence-electron chi connectivity index (χ1n) is 8.20. The number of hydrogen-bond acceptors (Lipinski definition) is 3. The van der Waals surface area contributed by atoms with E-state index in [1.165, 1.54) is 12.1 Å². The van der Waals surface area contributed by atoms with Gasteiger partial charge in [-0.1, -0.05) is 24.3 Å². The molecule has 4 nitrogen and oxygen atoms in total. The summed E-state index contributed by atoms with van der Waals surface area (Å²) in [6.07, 6.45) is 0.701. The minimum atomic E-state index is -0.882. The number of carbonyl (C=O) groups is 1. The average Bonchev–Trinajstić information content (AvgIpc) is 3.36. The molecular formula is C20H16FN3O. The fraction of sp³-hybridized carbons (Fsp3) is 0.250. The van der Waals surface area contributed by atoms with Crippen LogP contribution in [-0.4, -0.2) is 15.3 Å². The van der Waals surface area contributed by atoms with Gasteiger partial charge in [0, 0.05) is 13.0 Å². The molecular weight excluding hydrogens is 317 g/mol. The summed E-state index contributed by atoms with van der Waals surface area (Å²) in [5.74, 6) is -0.919. The number of nitrogens with zero attached hydrogens (tertiary/aromatic N) is 3. The molecule has 0 aliphatic heterocycles. The molecule has 0 N–H and O–H groups in total. The molecule has 1 aliphatic rings. The predicted octanol–water partition coefficient (Wildman–Crippen LogP) is 3.69. The molecule has 0 saturated heterocycles. The van der Waals surface area contributed by atoms with E-state index in [0.29, 0.717) is 12.2 Å². The number of rotatable bonds is 4. The van der Waals surface area contributed by atoms with Crippen molar-refractivity contribution in [3.05, 3.63) is 65.7 Å². The van der Waals surface area contributed by atoms with Gasteiger partial charge in [-0.05, 0) is 42.2 Å². The van der Waals surface area contributed by atoms with E-state index in [2.05, 4.69) is 11.1 Å². The maximum Gasteiger partial charge on any atom is 0.163 e. The Bertz CT molecular complexity index is 1000.